The molecular weight excluding hydrogens is 378 g/mol. The first kappa shape index (κ1) is 20.3. The first-order valence-electron chi connectivity index (χ1n) is 9.26. The SMILES string of the molecule is NC(=O)c1ccc(CNc2ccc(S(=O)(=O)NC3CCC(O)CC3)cc2)cc1. The molecule has 0 radical (unpaired) electrons. The van der Waals surface area contributed by atoms with Gasteiger partial charge >= 0.3 is 0 Å². The Balaban J connectivity index is 1.57. The van der Waals surface area contributed by atoms with Crippen molar-refractivity contribution in [2.24, 2.45) is 5.73 Å². The number of anilines is 1. The molecule has 0 aromatic heterocycles. The molecule has 150 valence electrons. The van der Waals surface area contributed by atoms with Gasteiger partial charge in [-0.25, -0.2) is 13.1 Å². The second-order valence-corrected chi connectivity index (χ2v) is 8.78. The zero-order valence-electron chi connectivity index (χ0n) is 15.5. The zero-order chi connectivity index (χ0) is 20.1. The minimum atomic E-state index is -3.58. The summed E-state index contributed by atoms with van der Waals surface area (Å²) in [6.45, 7) is 0.536. The maximum Gasteiger partial charge on any atom is 0.248 e. The summed E-state index contributed by atoms with van der Waals surface area (Å²) in [7, 11) is -3.58. The topological polar surface area (TPSA) is 122 Å². The fourth-order valence-electron chi connectivity index (χ4n) is 3.22. The van der Waals surface area contributed by atoms with E-state index in [9.17, 15) is 18.3 Å². The van der Waals surface area contributed by atoms with Crippen LogP contribution in [-0.4, -0.2) is 31.6 Å². The smallest absolute Gasteiger partial charge is 0.248 e. The number of benzene rings is 2. The summed E-state index contributed by atoms with van der Waals surface area (Å²) in [5, 5.41) is 12.8. The predicted molar refractivity (Wildman–Crippen MR) is 107 cm³/mol. The van der Waals surface area contributed by atoms with Gasteiger partial charge in [0.05, 0.1) is 11.0 Å². The van der Waals surface area contributed by atoms with E-state index in [1.54, 1.807) is 36.4 Å². The van der Waals surface area contributed by atoms with Crippen LogP contribution in [0.3, 0.4) is 0 Å². The van der Waals surface area contributed by atoms with Crippen LogP contribution < -0.4 is 15.8 Å². The highest BCUT2D eigenvalue weighted by molar-refractivity contribution is 7.89. The van der Waals surface area contributed by atoms with Crippen LogP contribution in [0.2, 0.25) is 0 Å². The summed E-state index contributed by atoms with van der Waals surface area (Å²) in [6.07, 6.45) is 2.22. The summed E-state index contributed by atoms with van der Waals surface area (Å²) >= 11 is 0. The molecule has 7 nitrogen and oxygen atoms in total. The van der Waals surface area contributed by atoms with E-state index < -0.39 is 15.9 Å². The average molecular weight is 404 g/mol. The van der Waals surface area contributed by atoms with E-state index in [0.717, 1.165) is 11.3 Å². The van der Waals surface area contributed by atoms with Crippen LogP contribution in [0.1, 0.15) is 41.6 Å². The van der Waals surface area contributed by atoms with E-state index in [1.165, 1.54) is 0 Å². The third-order valence-corrected chi connectivity index (χ3v) is 6.45. The summed E-state index contributed by atoms with van der Waals surface area (Å²) in [5.41, 5.74) is 7.45. The second-order valence-electron chi connectivity index (χ2n) is 7.07. The first-order chi connectivity index (χ1) is 13.3. The quantitative estimate of drug-likeness (QED) is 0.563. The Morgan fingerprint density at radius 1 is 1.00 bits per heavy atom. The summed E-state index contributed by atoms with van der Waals surface area (Å²) in [6, 6.07) is 13.4. The van der Waals surface area contributed by atoms with Crippen molar-refractivity contribution < 1.29 is 18.3 Å². The third-order valence-electron chi connectivity index (χ3n) is 4.92. The number of hydrogen-bond donors (Lipinski definition) is 4. The molecule has 5 N–H and O–H groups in total. The first-order valence-corrected chi connectivity index (χ1v) is 10.7. The van der Waals surface area contributed by atoms with Crippen LogP contribution in [0.4, 0.5) is 5.69 Å². The van der Waals surface area contributed by atoms with Gasteiger partial charge in [-0.05, 0) is 67.6 Å². The standard InChI is InChI=1S/C20H25N3O4S/c21-20(25)15-3-1-14(2-4-15)13-22-16-7-11-19(12-8-16)28(26,27)23-17-5-9-18(24)10-6-17/h1-4,7-8,11-12,17-18,22-24H,5-6,9-10,13H2,(H2,21,25). The molecule has 3 rings (SSSR count). The molecule has 1 fully saturated rings. The Labute approximate surface area is 165 Å². The van der Waals surface area contributed by atoms with E-state index in [0.29, 0.717) is 37.8 Å². The molecule has 0 bridgehead atoms. The maximum absolute atomic E-state index is 12.5. The summed E-state index contributed by atoms with van der Waals surface area (Å²) < 4.78 is 27.8. The molecule has 2 aromatic carbocycles. The van der Waals surface area contributed by atoms with Crippen molar-refractivity contribution in [3.63, 3.8) is 0 Å². The number of carbonyl (C=O) groups excluding carboxylic acids is 1. The molecule has 0 spiro atoms. The fraction of sp³-hybridized carbons (Fsp3) is 0.350. The molecule has 0 heterocycles. The van der Waals surface area contributed by atoms with Crippen LogP contribution in [0.25, 0.3) is 0 Å². The van der Waals surface area contributed by atoms with Crippen molar-refractivity contribution in [3.8, 4) is 0 Å². The fourth-order valence-corrected chi connectivity index (χ4v) is 4.53. The van der Waals surface area contributed by atoms with Crippen molar-refractivity contribution in [1.82, 2.24) is 4.72 Å². The monoisotopic (exact) mass is 403 g/mol. The maximum atomic E-state index is 12.5. The van der Waals surface area contributed by atoms with E-state index in [2.05, 4.69) is 10.0 Å². The lowest BCUT2D eigenvalue weighted by molar-refractivity contribution is 0.1000. The Bertz CT molecular complexity index is 903. The van der Waals surface area contributed by atoms with Gasteiger partial charge in [0.25, 0.3) is 0 Å². The number of carbonyl (C=O) groups is 1. The largest absolute Gasteiger partial charge is 0.393 e. The van der Waals surface area contributed by atoms with Crippen LogP contribution >= 0.6 is 0 Å². The van der Waals surface area contributed by atoms with Gasteiger partial charge in [0, 0.05) is 23.8 Å². The van der Waals surface area contributed by atoms with Gasteiger partial charge < -0.3 is 16.2 Å². The summed E-state index contributed by atoms with van der Waals surface area (Å²) in [5.74, 6) is -0.464. The molecule has 28 heavy (non-hydrogen) atoms. The molecule has 1 aliphatic carbocycles. The molecule has 0 aliphatic heterocycles. The number of sulfonamides is 1. The Morgan fingerprint density at radius 2 is 1.61 bits per heavy atom. The number of nitrogens with one attached hydrogen (secondary N) is 2. The number of aliphatic hydroxyl groups excluding tert-OH is 1. The van der Waals surface area contributed by atoms with E-state index in [4.69, 9.17) is 5.73 Å². The highest BCUT2D eigenvalue weighted by Crippen LogP contribution is 2.21. The van der Waals surface area contributed by atoms with Crippen molar-refractivity contribution in [2.75, 3.05) is 5.32 Å². The van der Waals surface area contributed by atoms with Crippen molar-refractivity contribution in [3.05, 3.63) is 59.7 Å². The lowest BCUT2D eigenvalue weighted by Crippen LogP contribution is -2.38. The zero-order valence-corrected chi connectivity index (χ0v) is 16.3. The van der Waals surface area contributed by atoms with Gasteiger partial charge in [0.2, 0.25) is 15.9 Å². The molecule has 0 saturated heterocycles. The van der Waals surface area contributed by atoms with Crippen LogP contribution in [0.5, 0.6) is 0 Å². The van der Waals surface area contributed by atoms with Gasteiger partial charge in [0.15, 0.2) is 0 Å². The van der Waals surface area contributed by atoms with Gasteiger partial charge in [-0.1, -0.05) is 12.1 Å². The third kappa shape index (κ3) is 5.31. The summed E-state index contributed by atoms with van der Waals surface area (Å²) in [4.78, 5) is 11.3. The molecule has 0 atom stereocenters. The van der Waals surface area contributed by atoms with E-state index >= 15 is 0 Å². The predicted octanol–water partition coefficient (Wildman–Crippen LogP) is 1.98. The molecular formula is C20H25N3O4S. The number of amides is 1. The second kappa shape index (κ2) is 8.72. The highest BCUT2D eigenvalue weighted by atomic mass is 32.2. The number of aliphatic hydroxyl groups is 1. The van der Waals surface area contributed by atoms with Crippen LogP contribution in [0, 0.1) is 0 Å². The molecule has 0 unspecified atom stereocenters. The van der Waals surface area contributed by atoms with Gasteiger partial charge in [-0.2, -0.15) is 0 Å². The molecule has 8 heteroatoms. The lowest BCUT2D eigenvalue weighted by atomic mass is 9.94. The van der Waals surface area contributed by atoms with Crippen LogP contribution in [-0.2, 0) is 16.6 Å². The number of rotatable bonds is 7. The normalized spacial score (nSPS) is 19.9. The number of hydrogen-bond acceptors (Lipinski definition) is 5. The van der Waals surface area contributed by atoms with Crippen LogP contribution in [0.15, 0.2) is 53.4 Å². The number of nitrogens with two attached hydrogens (primary N) is 1. The van der Waals surface area contributed by atoms with Gasteiger partial charge in [0.1, 0.15) is 0 Å². The molecule has 1 saturated carbocycles. The molecule has 1 amide bonds. The minimum absolute atomic E-state index is 0.130. The lowest BCUT2D eigenvalue weighted by Gasteiger charge is -2.26. The highest BCUT2D eigenvalue weighted by Gasteiger charge is 2.24. The van der Waals surface area contributed by atoms with Crippen molar-refractivity contribution in [1.29, 1.82) is 0 Å². The Morgan fingerprint density at radius 3 is 2.18 bits per heavy atom. The Hall–Kier alpha value is -2.42. The number of primary amides is 1. The van der Waals surface area contributed by atoms with Gasteiger partial charge in [-0.15, -0.1) is 0 Å². The van der Waals surface area contributed by atoms with E-state index in [1.807, 2.05) is 12.1 Å². The molecule has 1 aliphatic rings. The van der Waals surface area contributed by atoms with Gasteiger partial charge in [-0.3, -0.25) is 4.79 Å². The molecule has 2 aromatic rings. The van der Waals surface area contributed by atoms with Crippen molar-refractivity contribution >= 4 is 21.6 Å². The average Bonchev–Trinajstić information content (AvgIpc) is 2.68. The van der Waals surface area contributed by atoms with Crippen molar-refractivity contribution in [2.45, 2.75) is 49.3 Å². The minimum Gasteiger partial charge on any atom is -0.393 e. The van der Waals surface area contributed by atoms with E-state index in [-0.39, 0.29) is 17.0 Å². The Kier molecular flexibility index (Phi) is 6.33.